The van der Waals surface area contributed by atoms with Gasteiger partial charge in [0.2, 0.25) is 0 Å². The Morgan fingerprint density at radius 1 is 1.60 bits per heavy atom. The van der Waals surface area contributed by atoms with Gasteiger partial charge in [0.15, 0.2) is 0 Å². The summed E-state index contributed by atoms with van der Waals surface area (Å²) < 4.78 is 0. The predicted molar refractivity (Wildman–Crippen MR) is 57.4 cm³/mol. The average molecular weight is 208 g/mol. The number of carbonyl (C=O) groups is 1. The predicted octanol–water partition coefficient (Wildman–Crippen LogP) is 1.42. The molecule has 15 heavy (non-hydrogen) atoms. The van der Waals surface area contributed by atoms with Crippen LogP contribution in [0.5, 0.6) is 0 Å². The Labute approximate surface area is 89.3 Å². The van der Waals surface area contributed by atoms with Crippen molar-refractivity contribution >= 4 is 5.97 Å². The van der Waals surface area contributed by atoms with Gasteiger partial charge in [-0.1, -0.05) is 6.07 Å². The summed E-state index contributed by atoms with van der Waals surface area (Å²) in [5.41, 5.74) is 0.972. The Balaban J connectivity index is 2.22. The first-order valence-corrected chi connectivity index (χ1v) is 5.03. The highest BCUT2D eigenvalue weighted by Crippen LogP contribution is 1.98. The number of aromatic nitrogens is 1. The minimum atomic E-state index is -0.749. The highest BCUT2D eigenvalue weighted by molar-refractivity contribution is 5.66. The van der Waals surface area contributed by atoms with Gasteiger partial charge in [0.05, 0.1) is 5.69 Å². The normalized spacial score (nSPS) is 12.3. The fourth-order valence-corrected chi connectivity index (χ4v) is 1.22. The summed E-state index contributed by atoms with van der Waals surface area (Å²) in [5.74, 6) is -0.749. The van der Waals surface area contributed by atoms with Crippen molar-refractivity contribution in [1.82, 2.24) is 10.3 Å². The Morgan fingerprint density at radius 2 is 2.40 bits per heavy atom. The Hall–Kier alpha value is -1.42. The third-order valence-corrected chi connectivity index (χ3v) is 2.15. The maximum absolute atomic E-state index is 10.3. The molecule has 0 amide bonds. The van der Waals surface area contributed by atoms with Crippen molar-refractivity contribution in [3.05, 3.63) is 30.1 Å². The summed E-state index contributed by atoms with van der Waals surface area (Å²) in [7, 11) is 0. The molecule has 0 aliphatic heterocycles. The summed E-state index contributed by atoms with van der Waals surface area (Å²) >= 11 is 0. The molecule has 0 aliphatic carbocycles. The molecular formula is C11H16N2O2. The zero-order valence-corrected chi connectivity index (χ0v) is 8.81. The van der Waals surface area contributed by atoms with Gasteiger partial charge in [0.1, 0.15) is 0 Å². The fraction of sp³-hybridized carbons (Fsp3) is 0.455. The van der Waals surface area contributed by atoms with Gasteiger partial charge in [-0.3, -0.25) is 9.78 Å². The molecule has 4 heteroatoms. The van der Waals surface area contributed by atoms with Crippen LogP contribution in [0.2, 0.25) is 0 Å². The standard InChI is InChI=1S/C11H16N2O2/c1-9(5-6-11(14)15)13-8-10-4-2-3-7-12-10/h2-4,7,9,13H,5-6,8H2,1H3,(H,14,15). The first-order chi connectivity index (χ1) is 7.18. The Morgan fingerprint density at radius 3 is 3.00 bits per heavy atom. The van der Waals surface area contributed by atoms with E-state index in [9.17, 15) is 4.79 Å². The van der Waals surface area contributed by atoms with E-state index in [4.69, 9.17) is 5.11 Å². The number of carboxylic acids is 1. The molecule has 0 aromatic carbocycles. The van der Waals surface area contributed by atoms with Crippen LogP contribution in [0.15, 0.2) is 24.4 Å². The molecule has 1 rings (SSSR count). The number of carboxylic acid groups (broad SMARTS) is 1. The highest BCUT2D eigenvalue weighted by Gasteiger charge is 2.04. The molecule has 0 radical (unpaired) electrons. The summed E-state index contributed by atoms with van der Waals surface area (Å²) in [6.07, 6.45) is 2.59. The maximum atomic E-state index is 10.3. The van der Waals surface area contributed by atoms with Crippen LogP contribution in [0.25, 0.3) is 0 Å². The molecule has 82 valence electrons. The Bertz CT molecular complexity index is 301. The van der Waals surface area contributed by atoms with Crippen LogP contribution in [0.1, 0.15) is 25.5 Å². The number of aliphatic carboxylic acids is 1. The lowest BCUT2D eigenvalue weighted by molar-refractivity contribution is -0.137. The van der Waals surface area contributed by atoms with E-state index in [2.05, 4.69) is 10.3 Å². The molecule has 0 bridgehead atoms. The first-order valence-electron chi connectivity index (χ1n) is 5.03. The number of pyridine rings is 1. The molecule has 1 heterocycles. The van der Waals surface area contributed by atoms with E-state index in [-0.39, 0.29) is 12.5 Å². The largest absolute Gasteiger partial charge is 0.481 e. The molecule has 1 aromatic heterocycles. The second-order valence-electron chi connectivity index (χ2n) is 3.54. The van der Waals surface area contributed by atoms with Gasteiger partial charge < -0.3 is 10.4 Å². The molecule has 2 N–H and O–H groups in total. The van der Waals surface area contributed by atoms with Gasteiger partial charge in [0.25, 0.3) is 0 Å². The number of hydrogen-bond acceptors (Lipinski definition) is 3. The molecule has 0 saturated heterocycles. The number of rotatable bonds is 6. The molecule has 0 saturated carbocycles. The van der Waals surface area contributed by atoms with Crippen molar-refractivity contribution in [3.8, 4) is 0 Å². The van der Waals surface area contributed by atoms with Gasteiger partial charge in [-0.05, 0) is 25.5 Å². The molecule has 0 aliphatic rings. The molecule has 4 nitrogen and oxygen atoms in total. The molecular weight excluding hydrogens is 192 g/mol. The molecule has 0 fully saturated rings. The third kappa shape index (κ3) is 5.12. The Kier molecular flexibility index (Phi) is 4.77. The van der Waals surface area contributed by atoms with E-state index in [1.807, 2.05) is 25.1 Å². The number of nitrogens with one attached hydrogen (secondary N) is 1. The van der Waals surface area contributed by atoms with Crippen molar-refractivity contribution in [2.24, 2.45) is 0 Å². The van der Waals surface area contributed by atoms with Crippen molar-refractivity contribution in [3.63, 3.8) is 0 Å². The zero-order valence-electron chi connectivity index (χ0n) is 8.81. The van der Waals surface area contributed by atoms with Gasteiger partial charge >= 0.3 is 5.97 Å². The van der Waals surface area contributed by atoms with Crippen molar-refractivity contribution in [2.75, 3.05) is 0 Å². The van der Waals surface area contributed by atoms with E-state index >= 15 is 0 Å². The zero-order chi connectivity index (χ0) is 11.1. The molecule has 1 unspecified atom stereocenters. The average Bonchev–Trinajstić information content (AvgIpc) is 2.25. The third-order valence-electron chi connectivity index (χ3n) is 2.15. The maximum Gasteiger partial charge on any atom is 0.303 e. The summed E-state index contributed by atoms with van der Waals surface area (Å²) in [6, 6.07) is 5.95. The van der Waals surface area contributed by atoms with E-state index < -0.39 is 5.97 Å². The summed E-state index contributed by atoms with van der Waals surface area (Å²) in [5, 5.41) is 11.7. The van der Waals surface area contributed by atoms with Gasteiger partial charge in [-0.25, -0.2) is 0 Å². The molecule has 1 atom stereocenters. The van der Waals surface area contributed by atoms with Crippen LogP contribution < -0.4 is 5.32 Å². The second kappa shape index (κ2) is 6.14. The lowest BCUT2D eigenvalue weighted by atomic mass is 10.2. The quantitative estimate of drug-likeness (QED) is 0.742. The van der Waals surface area contributed by atoms with Gasteiger partial charge in [-0.2, -0.15) is 0 Å². The van der Waals surface area contributed by atoms with Crippen LogP contribution in [-0.4, -0.2) is 22.1 Å². The van der Waals surface area contributed by atoms with Crippen LogP contribution >= 0.6 is 0 Å². The smallest absolute Gasteiger partial charge is 0.303 e. The minimum Gasteiger partial charge on any atom is -0.481 e. The lowest BCUT2D eigenvalue weighted by Crippen LogP contribution is -2.26. The van der Waals surface area contributed by atoms with Crippen LogP contribution in [-0.2, 0) is 11.3 Å². The van der Waals surface area contributed by atoms with Crippen molar-refractivity contribution in [2.45, 2.75) is 32.4 Å². The first kappa shape index (κ1) is 11.7. The van der Waals surface area contributed by atoms with Crippen molar-refractivity contribution in [1.29, 1.82) is 0 Å². The van der Waals surface area contributed by atoms with Crippen LogP contribution in [0.4, 0.5) is 0 Å². The van der Waals surface area contributed by atoms with Crippen molar-refractivity contribution < 1.29 is 9.90 Å². The van der Waals surface area contributed by atoms with E-state index in [1.165, 1.54) is 0 Å². The minimum absolute atomic E-state index is 0.197. The number of hydrogen-bond donors (Lipinski definition) is 2. The summed E-state index contributed by atoms with van der Waals surface area (Å²) in [4.78, 5) is 14.5. The fourth-order valence-electron chi connectivity index (χ4n) is 1.22. The van der Waals surface area contributed by atoms with Gasteiger partial charge in [-0.15, -0.1) is 0 Å². The lowest BCUT2D eigenvalue weighted by Gasteiger charge is -2.11. The topological polar surface area (TPSA) is 62.2 Å². The molecule has 1 aromatic rings. The van der Waals surface area contributed by atoms with E-state index in [1.54, 1.807) is 6.20 Å². The van der Waals surface area contributed by atoms with Crippen LogP contribution in [0, 0.1) is 0 Å². The van der Waals surface area contributed by atoms with Crippen LogP contribution in [0.3, 0.4) is 0 Å². The second-order valence-corrected chi connectivity index (χ2v) is 3.54. The summed E-state index contributed by atoms with van der Waals surface area (Å²) in [6.45, 7) is 2.66. The SMILES string of the molecule is CC(CCC(=O)O)NCc1ccccn1. The monoisotopic (exact) mass is 208 g/mol. The van der Waals surface area contributed by atoms with E-state index in [0.717, 1.165) is 5.69 Å². The highest BCUT2D eigenvalue weighted by atomic mass is 16.4. The van der Waals surface area contributed by atoms with E-state index in [0.29, 0.717) is 13.0 Å². The number of nitrogens with zero attached hydrogens (tertiary/aromatic N) is 1. The van der Waals surface area contributed by atoms with Gasteiger partial charge in [0, 0.05) is 25.2 Å². The molecule has 0 spiro atoms.